The molecule has 28 heavy (non-hydrogen) atoms. The summed E-state index contributed by atoms with van der Waals surface area (Å²) in [5.41, 5.74) is 9.54. The van der Waals surface area contributed by atoms with Crippen molar-refractivity contribution < 1.29 is 4.79 Å². The lowest BCUT2D eigenvalue weighted by Gasteiger charge is -2.15. The molecule has 3 rings (SSSR count). The van der Waals surface area contributed by atoms with Crippen molar-refractivity contribution in [2.45, 2.75) is 32.6 Å². The van der Waals surface area contributed by atoms with Gasteiger partial charge in [-0.3, -0.25) is 4.79 Å². The Morgan fingerprint density at radius 3 is 2.39 bits per heavy atom. The highest BCUT2D eigenvalue weighted by atomic mass is 32.2. The molecular weight excluding hydrogens is 366 g/mol. The molecule has 0 saturated heterocycles. The largest absolute Gasteiger partial charge is 0.317 e. The number of thioether (sulfide) groups is 1. The van der Waals surface area contributed by atoms with Gasteiger partial charge in [0.25, 0.3) is 0 Å². The normalized spacial score (nSPS) is 11.1. The lowest BCUT2D eigenvalue weighted by atomic mass is 10.1. The third-order valence-corrected chi connectivity index (χ3v) is 5.65. The summed E-state index contributed by atoms with van der Waals surface area (Å²) in [5, 5.41) is 4.16. The molecule has 0 aliphatic heterocycles. The van der Waals surface area contributed by atoms with E-state index in [9.17, 15) is 4.79 Å². The van der Waals surface area contributed by atoms with Gasteiger partial charge in [-0.1, -0.05) is 36.4 Å². The van der Waals surface area contributed by atoms with Crippen LogP contribution in [0.15, 0.2) is 64.6 Å². The molecular formula is C23H25N3OS. The second-order valence-electron chi connectivity index (χ2n) is 6.80. The van der Waals surface area contributed by atoms with Crippen LogP contribution in [0.3, 0.4) is 0 Å². The van der Waals surface area contributed by atoms with Crippen LogP contribution in [0.4, 0.5) is 0 Å². The monoisotopic (exact) mass is 391 g/mol. The van der Waals surface area contributed by atoms with Crippen molar-refractivity contribution in [1.82, 2.24) is 9.99 Å². The van der Waals surface area contributed by atoms with Gasteiger partial charge in [-0.2, -0.15) is 5.10 Å². The summed E-state index contributed by atoms with van der Waals surface area (Å²) in [4.78, 5) is 13.1. The predicted molar refractivity (Wildman–Crippen MR) is 118 cm³/mol. The van der Waals surface area contributed by atoms with E-state index in [1.807, 2.05) is 30.3 Å². The molecule has 0 radical (unpaired) electrons. The first-order valence-electron chi connectivity index (χ1n) is 9.22. The maximum Gasteiger partial charge on any atom is 0.250 e. The number of nitrogens with zero attached hydrogens (tertiary/aromatic N) is 2. The van der Waals surface area contributed by atoms with Gasteiger partial charge in [0.05, 0.1) is 17.7 Å². The average Bonchev–Trinajstić information content (AvgIpc) is 2.95. The molecule has 144 valence electrons. The van der Waals surface area contributed by atoms with Crippen molar-refractivity contribution >= 4 is 23.9 Å². The third-order valence-electron chi connectivity index (χ3n) is 4.64. The van der Waals surface area contributed by atoms with E-state index >= 15 is 0 Å². The molecule has 0 aliphatic carbocycles. The zero-order chi connectivity index (χ0) is 20.1. The summed E-state index contributed by atoms with van der Waals surface area (Å²) in [6, 6.07) is 18.3. The molecule has 1 aromatic heterocycles. The molecule has 4 nitrogen and oxygen atoms in total. The van der Waals surface area contributed by atoms with Crippen molar-refractivity contribution in [2.75, 3.05) is 5.75 Å². The lowest BCUT2D eigenvalue weighted by Crippen LogP contribution is -2.19. The summed E-state index contributed by atoms with van der Waals surface area (Å²) >= 11 is 1.49. The average molecular weight is 392 g/mol. The number of para-hydroxylation sites is 1. The summed E-state index contributed by atoms with van der Waals surface area (Å²) in [6.07, 6.45) is 1.72. The van der Waals surface area contributed by atoms with Gasteiger partial charge in [-0.15, -0.1) is 11.8 Å². The fraction of sp³-hybridized carbons (Fsp3) is 0.217. The van der Waals surface area contributed by atoms with Crippen LogP contribution < -0.4 is 5.43 Å². The lowest BCUT2D eigenvalue weighted by molar-refractivity contribution is -0.118. The Morgan fingerprint density at radius 2 is 1.71 bits per heavy atom. The first kappa shape index (κ1) is 20.0. The number of aromatic nitrogens is 1. The Labute approximate surface area is 170 Å². The molecule has 5 heteroatoms. The molecule has 0 aliphatic rings. The molecule has 0 saturated carbocycles. The molecule has 2 aromatic carbocycles. The maximum atomic E-state index is 12.0. The smallest absolute Gasteiger partial charge is 0.250 e. The molecule has 0 spiro atoms. The van der Waals surface area contributed by atoms with Crippen LogP contribution in [0, 0.1) is 27.7 Å². The van der Waals surface area contributed by atoms with Crippen molar-refractivity contribution in [2.24, 2.45) is 5.10 Å². The van der Waals surface area contributed by atoms with E-state index in [0.717, 1.165) is 21.8 Å². The summed E-state index contributed by atoms with van der Waals surface area (Å²) in [7, 11) is 0. The zero-order valence-corrected chi connectivity index (χ0v) is 17.5. The van der Waals surface area contributed by atoms with Crippen LogP contribution in [0.25, 0.3) is 5.69 Å². The predicted octanol–water partition coefficient (Wildman–Crippen LogP) is 4.95. The van der Waals surface area contributed by atoms with Crippen LogP contribution in [-0.4, -0.2) is 22.4 Å². The maximum absolute atomic E-state index is 12.0. The minimum atomic E-state index is -0.117. The highest BCUT2D eigenvalue weighted by molar-refractivity contribution is 8.00. The SMILES string of the molecule is Cc1cccc(C)c1-n1c(C)cc(/C=N/NC(=O)CSc2ccccc2)c1C. The Morgan fingerprint density at radius 1 is 1.04 bits per heavy atom. The molecule has 3 aromatic rings. The van der Waals surface area contributed by atoms with Gasteiger partial charge in [0, 0.05) is 21.8 Å². The van der Waals surface area contributed by atoms with Gasteiger partial charge < -0.3 is 4.57 Å². The molecule has 0 fully saturated rings. The van der Waals surface area contributed by atoms with Crippen molar-refractivity contribution in [3.8, 4) is 5.69 Å². The second kappa shape index (κ2) is 8.93. The number of carbonyl (C=O) groups excluding carboxylic acids is 1. The van der Waals surface area contributed by atoms with E-state index in [1.165, 1.54) is 28.6 Å². The van der Waals surface area contributed by atoms with Crippen LogP contribution in [-0.2, 0) is 4.79 Å². The minimum Gasteiger partial charge on any atom is -0.317 e. The fourth-order valence-corrected chi connectivity index (χ4v) is 4.00. The third kappa shape index (κ3) is 4.54. The van der Waals surface area contributed by atoms with Crippen LogP contribution in [0.1, 0.15) is 28.1 Å². The highest BCUT2D eigenvalue weighted by Gasteiger charge is 2.13. The quantitative estimate of drug-likeness (QED) is 0.367. The van der Waals surface area contributed by atoms with Crippen LogP contribution in [0.2, 0.25) is 0 Å². The summed E-state index contributed by atoms with van der Waals surface area (Å²) in [6.45, 7) is 8.41. The fourth-order valence-electron chi connectivity index (χ4n) is 3.29. The minimum absolute atomic E-state index is 0.117. The zero-order valence-electron chi connectivity index (χ0n) is 16.7. The number of aryl methyl sites for hydroxylation is 3. The van der Waals surface area contributed by atoms with E-state index in [0.29, 0.717) is 5.75 Å². The number of hydrogen-bond acceptors (Lipinski definition) is 3. The van der Waals surface area contributed by atoms with E-state index in [4.69, 9.17) is 0 Å². The van der Waals surface area contributed by atoms with Crippen LogP contribution in [0.5, 0.6) is 0 Å². The van der Waals surface area contributed by atoms with E-state index in [-0.39, 0.29) is 5.91 Å². The molecule has 1 heterocycles. The molecule has 1 N–H and O–H groups in total. The topological polar surface area (TPSA) is 46.4 Å². The van der Waals surface area contributed by atoms with Gasteiger partial charge in [-0.25, -0.2) is 5.43 Å². The van der Waals surface area contributed by atoms with Gasteiger partial charge in [0.2, 0.25) is 5.91 Å². The summed E-state index contributed by atoms with van der Waals surface area (Å²) < 4.78 is 2.25. The van der Waals surface area contributed by atoms with Gasteiger partial charge in [-0.05, 0) is 57.0 Å². The standard InChI is InChI=1S/C23H25N3OS/c1-16-9-8-10-17(2)23(16)26-18(3)13-20(19(26)4)14-24-25-22(27)15-28-21-11-6-5-7-12-21/h5-14H,15H2,1-4H3,(H,25,27)/b24-14+. The number of carbonyl (C=O) groups is 1. The number of hydrogen-bond donors (Lipinski definition) is 1. The summed E-state index contributed by atoms with van der Waals surface area (Å²) in [5.74, 6) is 0.219. The number of hydrazone groups is 1. The van der Waals surface area contributed by atoms with Gasteiger partial charge >= 0.3 is 0 Å². The Hall–Kier alpha value is -2.79. The number of nitrogens with one attached hydrogen (secondary N) is 1. The van der Waals surface area contributed by atoms with Crippen molar-refractivity contribution in [3.05, 3.63) is 82.7 Å². The van der Waals surface area contributed by atoms with E-state index in [2.05, 4.69) is 67.1 Å². The van der Waals surface area contributed by atoms with Crippen molar-refractivity contribution in [1.29, 1.82) is 0 Å². The highest BCUT2D eigenvalue weighted by Crippen LogP contribution is 2.25. The number of amides is 1. The van der Waals surface area contributed by atoms with E-state index < -0.39 is 0 Å². The molecule has 0 atom stereocenters. The van der Waals surface area contributed by atoms with Crippen LogP contribution >= 0.6 is 11.8 Å². The van der Waals surface area contributed by atoms with E-state index in [1.54, 1.807) is 6.21 Å². The first-order chi connectivity index (χ1) is 13.5. The molecule has 0 bridgehead atoms. The second-order valence-corrected chi connectivity index (χ2v) is 7.85. The Bertz CT molecular complexity index is 986. The first-order valence-corrected chi connectivity index (χ1v) is 10.2. The van der Waals surface area contributed by atoms with Crippen molar-refractivity contribution in [3.63, 3.8) is 0 Å². The molecule has 1 amide bonds. The molecule has 0 unspecified atom stereocenters. The van der Waals surface area contributed by atoms with Gasteiger partial charge in [0.15, 0.2) is 0 Å². The number of benzene rings is 2. The Balaban J connectivity index is 1.69. The number of rotatable bonds is 6. The Kier molecular flexibility index (Phi) is 6.37. The van der Waals surface area contributed by atoms with Gasteiger partial charge in [0.1, 0.15) is 0 Å².